The van der Waals surface area contributed by atoms with Crippen LogP contribution >= 0.6 is 7.82 Å². The standard InChI is InChI=1S/C58H113N2O6P/c1-6-8-10-12-14-16-18-20-22-24-26-27-28-29-30-31-32-33-34-36-38-40-42-44-46-48-50-52-58(62)59-56(55-66-67(63,64)65-54-53-60(3,4)5)57(61)51-49-47-45-43-41-39-37-35-25-23-21-19-17-15-13-11-9-7-2/h18,20,24,26,28-29,56-57,61H,6-17,19,21-23,25,27,30-55H2,1-5H3,(H-,59,62,63,64)/p+1/b20-18-,26-24-,29-28-. The zero-order valence-electron chi connectivity index (χ0n) is 45.2. The fourth-order valence-electron chi connectivity index (χ4n) is 8.58. The summed E-state index contributed by atoms with van der Waals surface area (Å²) in [4.78, 5) is 23.3. The molecule has 0 saturated heterocycles. The molecule has 3 unspecified atom stereocenters. The van der Waals surface area contributed by atoms with Crippen molar-refractivity contribution in [1.29, 1.82) is 0 Å². The van der Waals surface area contributed by atoms with Gasteiger partial charge in [-0.3, -0.25) is 13.8 Å². The molecule has 0 aliphatic carbocycles. The van der Waals surface area contributed by atoms with Crippen molar-refractivity contribution in [1.82, 2.24) is 5.32 Å². The third kappa shape index (κ3) is 52.4. The topological polar surface area (TPSA) is 105 Å². The average Bonchev–Trinajstić information content (AvgIpc) is 3.29. The molecule has 396 valence electrons. The van der Waals surface area contributed by atoms with Gasteiger partial charge in [0.15, 0.2) is 0 Å². The third-order valence-electron chi connectivity index (χ3n) is 13.1. The number of amides is 1. The Hall–Kier alpha value is -1.28. The summed E-state index contributed by atoms with van der Waals surface area (Å²) in [6, 6.07) is -0.762. The van der Waals surface area contributed by atoms with Crippen molar-refractivity contribution in [2.45, 2.75) is 289 Å². The molecule has 0 rings (SSSR count). The molecule has 0 fully saturated rings. The number of hydrogen-bond donors (Lipinski definition) is 3. The minimum absolute atomic E-state index is 0.0748. The molecule has 0 bridgehead atoms. The number of phosphoric ester groups is 1. The van der Waals surface area contributed by atoms with Crippen molar-refractivity contribution < 1.29 is 32.9 Å². The Morgan fingerprint density at radius 1 is 0.507 bits per heavy atom. The first kappa shape index (κ1) is 65.7. The molecule has 1 amide bonds. The zero-order chi connectivity index (χ0) is 49.2. The number of quaternary nitrogens is 1. The van der Waals surface area contributed by atoms with E-state index in [2.05, 4.69) is 55.6 Å². The maximum atomic E-state index is 13.0. The highest BCUT2D eigenvalue weighted by atomic mass is 31.2. The number of rotatable bonds is 53. The van der Waals surface area contributed by atoms with Gasteiger partial charge in [0, 0.05) is 6.42 Å². The van der Waals surface area contributed by atoms with E-state index in [1.807, 2.05) is 21.1 Å². The van der Waals surface area contributed by atoms with Gasteiger partial charge in [0.2, 0.25) is 5.91 Å². The number of allylic oxidation sites excluding steroid dienone is 6. The summed E-state index contributed by atoms with van der Waals surface area (Å²) in [5.74, 6) is -0.144. The lowest BCUT2D eigenvalue weighted by molar-refractivity contribution is -0.870. The molecular formula is C58H114N2O6P+. The summed E-state index contributed by atoms with van der Waals surface area (Å²) in [7, 11) is 1.62. The first-order chi connectivity index (χ1) is 32.5. The summed E-state index contributed by atoms with van der Waals surface area (Å²) in [5, 5.41) is 14.1. The van der Waals surface area contributed by atoms with E-state index in [0.717, 1.165) is 51.4 Å². The summed E-state index contributed by atoms with van der Waals surface area (Å²) in [6.07, 6.45) is 63.3. The first-order valence-corrected chi connectivity index (χ1v) is 30.3. The van der Waals surface area contributed by atoms with E-state index in [9.17, 15) is 19.4 Å². The molecule has 8 nitrogen and oxygen atoms in total. The van der Waals surface area contributed by atoms with Crippen molar-refractivity contribution in [2.75, 3.05) is 40.9 Å². The van der Waals surface area contributed by atoms with Crippen LogP contribution in [0, 0.1) is 0 Å². The molecule has 0 aliphatic heterocycles. The minimum Gasteiger partial charge on any atom is -0.391 e. The van der Waals surface area contributed by atoms with Crippen LogP contribution in [0.1, 0.15) is 277 Å². The second-order valence-electron chi connectivity index (χ2n) is 21.0. The molecule has 0 aromatic carbocycles. The Morgan fingerprint density at radius 2 is 0.851 bits per heavy atom. The predicted molar refractivity (Wildman–Crippen MR) is 291 cm³/mol. The van der Waals surface area contributed by atoms with E-state index in [4.69, 9.17) is 9.05 Å². The van der Waals surface area contributed by atoms with E-state index in [0.29, 0.717) is 23.9 Å². The van der Waals surface area contributed by atoms with Gasteiger partial charge < -0.3 is 19.8 Å². The Labute approximate surface area is 417 Å². The van der Waals surface area contributed by atoms with Crippen LogP contribution in [0.4, 0.5) is 0 Å². The molecular weight excluding hydrogens is 852 g/mol. The molecule has 0 aromatic rings. The van der Waals surface area contributed by atoms with Crippen LogP contribution in [0.3, 0.4) is 0 Å². The van der Waals surface area contributed by atoms with Crippen molar-refractivity contribution in [2.24, 2.45) is 0 Å². The van der Waals surface area contributed by atoms with E-state index < -0.39 is 20.0 Å². The van der Waals surface area contributed by atoms with Gasteiger partial charge in [0.25, 0.3) is 0 Å². The number of aliphatic hydroxyl groups is 1. The van der Waals surface area contributed by atoms with E-state index in [1.54, 1.807) is 0 Å². The monoisotopic (exact) mass is 966 g/mol. The Kier molecular flexibility index (Phi) is 48.7. The second kappa shape index (κ2) is 49.7. The highest BCUT2D eigenvalue weighted by Gasteiger charge is 2.28. The number of unbranched alkanes of at least 4 members (excludes halogenated alkanes) is 34. The number of nitrogens with one attached hydrogen (secondary N) is 1. The number of likely N-dealkylation sites (N-methyl/N-ethyl adjacent to an activating group) is 1. The molecule has 9 heteroatoms. The predicted octanol–water partition coefficient (Wildman–Crippen LogP) is 17.4. The van der Waals surface area contributed by atoms with Crippen molar-refractivity contribution >= 4 is 13.7 Å². The number of aliphatic hydroxyl groups excluding tert-OH is 1. The van der Waals surface area contributed by atoms with Gasteiger partial charge in [-0.15, -0.1) is 0 Å². The van der Waals surface area contributed by atoms with Gasteiger partial charge >= 0.3 is 7.82 Å². The molecule has 0 aliphatic rings. The molecule has 67 heavy (non-hydrogen) atoms. The lowest BCUT2D eigenvalue weighted by atomic mass is 10.0. The van der Waals surface area contributed by atoms with Crippen LogP contribution in [-0.2, 0) is 18.4 Å². The van der Waals surface area contributed by atoms with Gasteiger partial charge in [-0.1, -0.05) is 256 Å². The van der Waals surface area contributed by atoms with Crippen LogP contribution in [0.25, 0.3) is 0 Å². The lowest BCUT2D eigenvalue weighted by Crippen LogP contribution is -2.46. The quantitative estimate of drug-likeness (QED) is 0.0243. The van der Waals surface area contributed by atoms with Crippen molar-refractivity contribution in [3.63, 3.8) is 0 Å². The molecule has 0 radical (unpaired) electrons. The minimum atomic E-state index is -4.32. The van der Waals surface area contributed by atoms with E-state index in [-0.39, 0.29) is 19.1 Å². The normalized spacial score (nSPS) is 14.2. The largest absolute Gasteiger partial charge is 0.472 e. The van der Waals surface area contributed by atoms with E-state index >= 15 is 0 Å². The van der Waals surface area contributed by atoms with Crippen LogP contribution in [0.15, 0.2) is 36.5 Å². The van der Waals surface area contributed by atoms with Gasteiger partial charge in [0.1, 0.15) is 13.2 Å². The molecule has 3 N–H and O–H groups in total. The highest BCUT2D eigenvalue weighted by molar-refractivity contribution is 7.47. The molecule has 0 aromatic heterocycles. The summed E-state index contributed by atoms with van der Waals surface area (Å²) >= 11 is 0. The molecule has 0 saturated carbocycles. The number of carbonyl (C=O) groups is 1. The third-order valence-corrected chi connectivity index (χ3v) is 14.1. The fourth-order valence-corrected chi connectivity index (χ4v) is 9.32. The smallest absolute Gasteiger partial charge is 0.391 e. The van der Waals surface area contributed by atoms with Gasteiger partial charge in [-0.05, 0) is 51.4 Å². The van der Waals surface area contributed by atoms with Crippen molar-refractivity contribution in [3.8, 4) is 0 Å². The Balaban J connectivity index is 4.15. The lowest BCUT2D eigenvalue weighted by Gasteiger charge is -2.26. The SMILES string of the molecule is CCCCCCC/C=C\C/C=C\C/C=C\CCCCCCCCCCCCCCC(=O)NC(COP(=O)(O)OCC[N+](C)(C)C)C(O)CCCCCCCCCCCCCCCCCCCC. The summed E-state index contributed by atoms with van der Waals surface area (Å²) < 4.78 is 23.8. The van der Waals surface area contributed by atoms with Gasteiger partial charge in [0.05, 0.1) is 39.9 Å². The first-order valence-electron chi connectivity index (χ1n) is 28.9. The summed E-state index contributed by atoms with van der Waals surface area (Å²) in [6.45, 7) is 4.91. The highest BCUT2D eigenvalue weighted by Crippen LogP contribution is 2.43. The number of phosphoric acid groups is 1. The molecule has 3 atom stereocenters. The molecule has 0 spiro atoms. The van der Waals surface area contributed by atoms with Crippen LogP contribution in [-0.4, -0.2) is 73.4 Å². The van der Waals surface area contributed by atoms with E-state index in [1.165, 1.54) is 199 Å². The summed E-state index contributed by atoms with van der Waals surface area (Å²) in [5.41, 5.74) is 0. The Bertz CT molecular complexity index is 1190. The molecule has 0 heterocycles. The van der Waals surface area contributed by atoms with Crippen molar-refractivity contribution in [3.05, 3.63) is 36.5 Å². The number of hydrogen-bond acceptors (Lipinski definition) is 5. The van der Waals surface area contributed by atoms with Crippen LogP contribution in [0.5, 0.6) is 0 Å². The number of nitrogens with zero attached hydrogens (tertiary/aromatic N) is 1. The maximum Gasteiger partial charge on any atom is 0.472 e. The second-order valence-corrected chi connectivity index (χ2v) is 22.5. The van der Waals surface area contributed by atoms with Gasteiger partial charge in [-0.2, -0.15) is 0 Å². The fraction of sp³-hybridized carbons (Fsp3) is 0.879. The Morgan fingerprint density at radius 3 is 1.24 bits per heavy atom. The maximum absolute atomic E-state index is 13.0. The average molecular weight is 967 g/mol. The van der Waals surface area contributed by atoms with Crippen LogP contribution < -0.4 is 5.32 Å². The van der Waals surface area contributed by atoms with Gasteiger partial charge in [-0.25, -0.2) is 4.57 Å². The number of carbonyl (C=O) groups excluding carboxylic acids is 1. The van der Waals surface area contributed by atoms with Crippen LogP contribution in [0.2, 0.25) is 0 Å². The zero-order valence-corrected chi connectivity index (χ0v) is 46.0.